The van der Waals surface area contributed by atoms with E-state index in [0.29, 0.717) is 15.8 Å². The summed E-state index contributed by atoms with van der Waals surface area (Å²) in [6.07, 6.45) is 1.80. The van der Waals surface area contributed by atoms with Gasteiger partial charge in [-0.1, -0.05) is 42.5 Å². The first kappa shape index (κ1) is 20.4. The van der Waals surface area contributed by atoms with Gasteiger partial charge < -0.3 is 15.2 Å². The van der Waals surface area contributed by atoms with Gasteiger partial charge in [0.05, 0.1) is 16.2 Å². The summed E-state index contributed by atoms with van der Waals surface area (Å²) in [7, 11) is 0. The van der Waals surface area contributed by atoms with E-state index >= 15 is 0 Å². The lowest BCUT2D eigenvalue weighted by Crippen LogP contribution is -2.19. The maximum Gasteiger partial charge on any atom is 0.335 e. The van der Waals surface area contributed by atoms with Crippen LogP contribution in [0.15, 0.2) is 88.8 Å². The summed E-state index contributed by atoms with van der Waals surface area (Å²) < 4.78 is 5.74. The van der Waals surface area contributed by atoms with Gasteiger partial charge in [-0.2, -0.15) is 0 Å². The van der Waals surface area contributed by atoms with E-state index in [1.54, 1.807) is 24.3 Å². The number of nitrogens with one attached hydrogen (secondary N) is 1. The van der Waals surface area contributed by atoms with Crippen LogP contribution in [-0.2, 0) is 11.4 Å². The minimum Gasteiger partial charge on any atom is -0.489 e. The second-order valence-electron chi connectivity index (χ2n) is 6.68. The van der Waals surface area contributed by atoms with Crippen molar-refractivity contribution < 1.29 is 19.4 Å². The van der Waals surface area contributed by atoms with E-state index in [0.717, 1.165) is 16.8 Å². The smallest absolute Gasteiger partial charge is 0.335 e. The van der Waals surface area contributed by atoms with Crippen molar-refractivity contribution in [1.29, 1.82) is 0 Å². The molecule has 2 N–H and O–H groups in total. The monoisotopic (exact) mass is 430 g/mol. The number of rotatable bonds is 6. The van der Waals surface area contributed by atoms with Gasteiger partial charge in [0.15, 0.2) is 5.17 Å². The fourth-order valence-corrected chi connectivity index (χ4v) is 3.71. The van der Waals surface area contributed by atoms with E-state index in [-0.39, 0.29) is 18.1 Å². The molecule has 1 saturated heterocycles. The number of aliphatic imine (C=N–C) groups is 1. The topological polar surface area (TPSA) is 88.0 Å². The SMILES string of the molecule is O=C1NC(=Nc2ccccc2)S/C1=C/c1ccc(OCc2cccc(C(=O)O)c2)cc1. The summed E-state index contributed by atoms with van der Waals surface area (Å²) in [4.78, 5) is 28.3. The average Bonchev–Trinajstić information content (AvgIpc) is 3.12. The van der Waals surface area contributed by atoms with Gasteiger partial charge in [-0.3, -0.25) is 4.79 Å². The van der Waals surface area contributed by atoms with Crippen molar-refractivity contribution in [2.75, 3.05) is 0 Å². The van der Waals surface area contributed by atoms with E-state index in [4.69, 9.17) is 9.84 Å². The number of carboxylic acids is 1. The van der Waals surface area contributed by atoms with Crippen LogP contribution in [0.4, 0.5) is 5.69 Å². The molecule has 154 valence electrons. The normalized spacial score (nSPS) is 15.8. The number of aromatic carboxylic acids is 1. The lowest BCUT2D eigenvalue weighted by molar-refractivity contribution is -0.115. The van der Waals surface area contributed by atoms with Crippen LogP contribution >= 0.6 is 11.8 Å². The molecule has 1 amide bonds. The van der Waals surface area contributed by atoms with Crippen LogP contribution in [0.3, 0.4) is 0 Å². The molecule has 0 bridgehead atoms. The Bertz CT molecular complexity index is 1170. The third kappa shape index (κ3) is 5.40. The number of para-hydroxylation sites is 1. The molecular formula is C24H18N2O4S. The molecule has 0 unspecified atom stereocenters. The number of carboxylic acid groups (broad SMARTS) is 1. The first-order chi connectivity index (χ1) is 15.1. The van der Waals surface area contributed by atoms with Crippen LogP contribution in [0.1, 0.15) is 21.5 Å². The third-order valence-electron chi connectivity index (χ3n) is 4.40. The second kappa shape index (κ2) is 9.32. The van der Waals surface area contributed by atoms with Gasteiger partial charge in [0.2, 0.25) is 0 Å². The number of nitrogens with zero attached hydrogens (tertiary/aromatic N) is 1. The van der Waals surface area contributed by atoms with Crippen molar-refractivity contribution >= 4 is 40.6 Å². The fraction of sp³-hybridized carbons (Fsp3) is 0.0417. The molecule has 0 radical (unpaired) electrons. The summed E-state index contributed by atoms with van der Waals surface area (Å²) >= 11 is 1.30. The van der Waals surface area contributed by atoms with Gasteiger partial charge in [-0.25, -0.2) is 9.79 Å². The number of carbonyl (C=O) groups is 2. The number of thioether (sulfide) groups is 1. The van der Waals surface area contributed by atoms with Crippen molar-refractivity contribution in [3.05, 3.63) is 100 Å². The van der Waals surface area contributed by atoms with Gasteiger partial charge in [0.25, 0.3) is 5.91 Å². The molecule has 1 aliphatic rings. The highest BCUT2D eigenvalue weighted by Crippen LogP contribution is 2.28. The molecule has 1 heterocycles. The molecule has 6 nitrogen and oxygen atoms in total. The highest BCUT2D eigenvalue weighted by Gasteiger charge is 2.23. The van der Waals surface area contributed by atoms with Crippen molar-refractivity contribution in [1.82, 2.24) is 5.32 Å². The Morgan fingerprint density at radius 3 is 2.55 bits per heavy atom. The van der Waals surface area contributed by atoms with Crippen LogP contribution < -0.4 is 10.1 Å². The minimum absolute atomic E-state index is 0.182. The van der Waals surface area contributed by atoms with Crippen LogP contribution in [-0.4, -0.2) is 22.2 Å². The van der Waals surface area contributed by atoms with E-state index in [9.17, 15) is 9.59 Å². The summed E-state index contributed by atoms with van der Waals surface area (Å²) in [5.41, 5.74) is 2.64. The van der Waals surface area contributed by atoms with Gasteiger partial charge in [0, 0.05) is 0 Å². The number of benzene rings is 3. The molecule has 0 saturated carbocycles. The molecule has 3 aromatic rings. The molecule has 1 aliphatic heterocycles. The Labute approximate surface area is 183 Å². The zero-order valence-electron chi connectivity index (χ0n) is 16.3. The Kier molecular flexibility index (Phi) is 6.14. The highest BCUT2D eigenvalue weighted by atomic mass is 32.2. The molecule has 0 aromatic heterocycles. The Morgan fingerprint density at radius 2 is 1.81 bits per heavy atom. The average molecular weight is 430 g/mol. The molecule has 3 aromatic carbocycles. The minimum atomic E-state index is -0.968. The first-order valence-corrected chi connectivity index (χ1v) is 10.3. The van der Waals surface area contributed by atoms with Crippen molar-refractivity contribution in [2.45, 2.75) is 6.61 Å². The van der Waals surface area contributed by atoms with Gasteiger partial charge in [-0.15, -0.1) is 0 Å². The standard InChI is InChI=1S/C24H18N2O4S/c27-22-21(31-24(26-22)25-19-7-2-1-3-8-19)14-16-9-11-20(12-10-16)30-15-17-5-4-6-18(13-17)23(28)29/h1-14H,15H2,(H,28,29)(H,25,26,27)/b21-14+. The molecule has 0 atom stereocenters. The predicted molar refractivity (Wildman–Crippen MR) is 121 cm³/mol. The van der Waals surface area contributed by atoms with E-state index in [1.807, 2.05) is 60.7 Å². The summed E-state index contributed by atoms with van der Waals surface area (Å²) in [5.74, 6) is -0.499. The number of hydrogen-bond acceptors (Lipinski definition) is 5. The van der Waals surface area contributed by atoms with E-state index < -0.39 is 5.97 Å². The number of hydrogen-bond donors (Lipinski definition) is 2. The van der Waals surface area contributed by atoms with Crippen LogP contribution in [0.2, 0.25) is 0 Å². The Morgan fingerprint density at radius 1 is 1.03 bits per heavy atom. The largest absolute Gasteiger partial charge is 0.489 e. The molecule has 7 heteroatoms. The van der Waals surface area contributed by atoms with Crippen molar-refractivity contribution in [3.63, 3.8) is 0 Å². The summed E-state index contributed by atoms with van der Waals surface area (Å²) in [5, 5.41) is 12.4. The second-order valence-corrected chi connectivity index (χ2v) is 7.71. The quantitative estimate of drug-likeness (QED) is 0.546. The highest BCUT2D eigenvalue weighted by molar-refractivity contribution is 8.18. The molecule has 31 heavy (non-hydrogen) atoms. The zero-order valence-corrected chi connectivity index (χ0v) is 17.1. The molecule has 4 rings (SSSR count). The van der Waals surface area contributed by atoms with Gasteiger partial charge in [0.1, 0.15) is 12.4 Å². The van der Waals surface area contributed by atoms with Crippen LogP contribution in [0.5, 0.6) is 5.75 Å². The van der Waals surface area contributed by atoms with E-state index in [2.05, 4.69) is 10.3 Å². The van der Waals surface area contributed by atoms with Gasteiger partial charge >= 0.3 is 5.97 Å². The molecule has 1 fully saturated rings. The zero-order chi connectivity index (χ0) is 21.6. The third-order valence-corrected chi connectivity index (χ3v) is 5.30. The Balaban J connectivity index is 1.39. The summed E-state index contributed by atoms with van der Waals surface area (Å²) in [6, 6.07) is 23.4. The summed E-state index contributed by atoms with van der Waals surface area (Å²) in [6.45, 7) is 0.263. The first-order valence-electron chi connectivity index (χ1n) is 9.46. The molecule has 0 spiro atoms. The van der Waals surface area contributed by atoms with Crippen molar-refractivity contribution in [3.8, 4) is 5.75 Å². The maximum absolute atomic E-state index is 12.2. The van der Waals surface area contributed by atoms with Crippen molar-refractivity contribution in [2.24, 2.45) is 4.99 Å². The molecule has 0 aliphatic carbocycles. The lowest BCUT2D eigenvalue weighted by Gasteiger charge is -2.07. The van der Waals surface area contributed by atoms with Gasteiger partial charge in [-0.05, 0) is 65.4 Å². The van der Waals surface area contributed by atoms with Crippen LogP contribution in [0, 0.1) is 0 Å². The lowest BCUT2D eigenvalue weighted by atomic mass is 10.1. The predicted octanol–water partition coefficient (Wildman–Crippen LogP) is 4.86. The van der Waals surface area contributed by atoms with Crippen LogP contribution in [0.25, 0.3) is 6.08 Å². The number of carbonyl (C=O) groups excluding carboxylic acids is 1. The molecular weight excluding hydrogens is 412 g/mol. The Hall–Kier alpha value is -3.84. The maximum atomic E-state index is 12.2. The fourth-order valence-electron chi connectivity index (χ4n) is 2.87. The number of amides is 1. The van der Waals surface area contributed by atoms with E-state index in [1.165, 1.54) is 11.8 Å². The number of amidine groups is 1. The number of ether oxygens (including phenoxy) is 1.